The third kappa shape index (κ3) is 4.72. The van der Waals surface area contributed by atoms with Gasteiger partial charge in [-0.25, -0.2) is 19.9 Å². The molecule has 1 aromatic carbocycles. The van der Waals surface area contributed by atoms with Crippen LogP contribution in [0.15, 0.2) is 41.6 Å². The molecule has 1 amide bonds. The zero-order valence-corrected chi connectivity index (χ0v) is 22.3. The molecule has 37 heavy (non-hydrogen) atoms. The van der Waals surface area contributed by atoms with Gasteiger partial charge in [0, 0.05) is 37.2 Å². The van der Waals surface area contributed by atoms with Crippen molar-refractivity contribution in [3.05, 3.63) is 80.4 Å². The second kappa shape index (κ2) is 9.98. The molecule has 1 atom stereocenters. The molecular formula is C25H25ClN8O2S. The van der Waals surface area contributed by atoms with Crippen LogP contribution in [0.25, 0.3) is 10.9 Å². The van der Waals surface area contributed by atoms with Crippen molar-refractivity contribution >= 4 is 52.0 Å². The van der Waals surface area contributed by atoms with Crippen molar-refractivity contribution in [3.8, 4) is 0 Å². The number of aromatic nitrogens is 5. The number of carbonyl (C=O) groups excluding carboxylic acids is 1. The smallest absolute Gasteiger partial charge is 0.281 e. The van der Waals surface area contributed by atoms with Gasteiger partial charge in [0.1, 0.15) is 11.5 Å². The van der Waals surface area contributed by atoms with Gasteiger partial charge in [-0.2, -0.15) is 0 Å². The first-order valence-corrected chi connectivity index (χ1v) is 13.2. The second-order valence-corrected chi connectivity index (χ2v) is 9.91. The van der Waals surface area contributed by atoms with Crippen molar-refractivity contribution in [2.24, 2.45) is 7.05 Å². The van der Waals surface area contributed by atoms with Crippen molar-refractivity contribution in [1.82, 2.24) is 29.2 Å². The lowest BCUT2D eigenvalue weighted by molar-refractivity contribution is 0.0980. The van der Waals surface area contributed by atoms with Gasteiger partial charge in [0.2, 0.25) is 5.95 Å². The normalized spacial score (nSPS) is 13.5. The molecule has 3 aromatic heterocycles. The number of halogens is 1. The van der Waals surface area contributed by atoms with Gasteiger partial charge in [-0.15, -0.1) is 0 Å². The summed E-state index contributed by atoms with van der Waals surface area (Å²) < 4.78 is 4.27. The van der Waals surface area contributed by atoms with E-state index in [1.54, 1.807) is 36.2 Å². The van der Waals surface area contributed by atoms with Crippen molar-refractivity contribution in [2.75, 3.05) is 16.5 Å². The van der Waals surface area contributed by atoms with E-state index in [-0.39, 0.29) is 28.4 Å². The number of carbonyl (C=O) groups is 1. The molecular weight excluding hydrogens is 512 g/mol. The highest BCUT2D eigenvalue weighted by Crippen LogP contribution is 2.31. The minimum absolute atomic E-state index is 0.132. The van der Waals surface area contributed by atoms with E-state index in [1.165, 1.54) is 18.3 Å². The largest absolute Gasteiger partial charge is 0.377 e. The third-order valence-electron chi connectivity index (χ3n) is 6.31. The van der Waals surface area contributed by atoms with Crippen molar-refractivity contribution in [2.45, 2.75) is 33.0 Å². The Hall–Kier alpha value is -3.70. The Balaban J connectivity index is 1.57. The van der Waals surface area contributed by atoms with Gasteiger partial charge in [0.05, 0.1) is 34.9 Å². The second-order valence-electron chi connectivity index (χ2n) is 8.91. The Kier molecular flexibility index (Phi) is 6.74. The summed E-state index contributed by atoms with van der Waals surface area (Å²) in [5.74, 6) is 0.200. The van der Waals surface area contributed by atoms with Crippen LogP contribution in [0.1, 0.15) is 45.8 Å². The van der Waals surface area contributed by atoms with Gasteiger partial charge in [-0.05, 0) is 37.6 Å². The lowest BCUT2D eigenvalue weighted by Gasteiger charge is -2.23. The van der Waals surface area contributed by atoms with Crippen LogP contribution < -0.4 is 20.5 Å². The number of hydrogen-bond acceptors (Lipinski definition) is 9. The first-order valence-electron chi connectivity index (χ1n) is 11.6. The molecule has 1 aliphatic rings. The Morgan fingerprint density at radius 2 is 2.03 bits per heavy atom. The quantitative estimate of drug-likeness (QED) is 0.280. The summed E-state index contributed by atoms with van der Waals surface area (Å²) in [6.45, 7) is 5.02. The number of benzene rings is 1. The number of nitrogens with one attached hydrogen (secondary N) is 2. The number of rotatable bonds is 6. The molecule has 0 saturated carbocycles. The van der Waals surface area contributed by atoms with Gasteiger partial charge < -0.3 is 10.2 Å². The van der Waals surface area contributed by atoms with Gasteiger partial charge in [0.25, 0.3) is 11.5 Å². The number of nitrogens with zero attached hydrogens (tertiary/aromatic N) is 6. The summed E-state index contributed by atoms with van der Waals surface area (Å²) in [5.41, 5.74) is 4.88. The summed E-state index contributed by atoms with van der Waals surface area (Å²) in [6.07, 6.45) is 5.09. The predicted molar refractivity (Wildman–Crippen MR) is 146 cm³/mol. The van der Waals surface area contributed by atoms with E-state index in [0.717, 1.165) is 22.4 Å². The number of pyridine rings is 1. The number of anilines is 2. The molecule has 12 heteroatoms. The number of hydrogen-bond donors (Lipinski definition) is 2. The average molecular weight is 537 g/mol. The van der Waals surface area contributed by atoms with E-state index in [1.807, 2.05) is 30.9 Å². The maximum atomic E-state index is 13.5. The molecule has 1 aliphatic heterocycles. The highest BCUT2D eigenvalue weighted by molar-refractivity contribution is 7.97. The summed E-state index contributed by atoms with van der Waals surface area (Å²) in [7, 11) is 1.73. The van der Waals surface area contributed by atoms with Crippen LogP contribution in [0.5, 0.6) is 0 Å². The molecule has 0 saturated heterocycles. The monoisotopic (exact) mass is 536 g/mol. The number of aryl methyl sites for hydroxylation is 1. The zero-order valence-electron chi connectivity index (χ0n) is 20.7. The molecule has 190 valence electrons. The third-order valence-corrected chi connectivity index (χ3v) is 6.91. The molecule has 4 aromatic rings. The molecule has 0 spiro atoms. The lowest BCUT2D eigenvalue weighted by atomic mass is 10.0. The van der Waals surface area contributed by atoms with E-state index in [4.69, 9.17) is 16.6 Å². The lowest BCUT2D eigenvalue weighted by Crippen LogP contribution is -2.28. The van der Waals surface area contributed by atoms with Crippen LogP contribution in [-0.4, -0.2) is 36.7 Å². The predicted octanol–water partition coefficient (Wildman–Crippen LogP) is 3.78. The van der Waals surface area contributed by atoms with Gasteiger partial charge in [0.15, 0.2) is 5.69 Å². The van der Waals surface area contributed by atoms with Crippen LogP contribution in [0.2, 0.25) is 5.15 Å². The fourth-order valence-corrected chi connectivity index (χ4v) is 5.00. The Labute approximate surface area is 222 Å². The first kappa shape index (κ1) is 25.0. The Bertz CT molecular complexity index is 1570. The van der Waals surface area contributed by atoms with Crippen molar-refractivity contribution < 1.29 is 4.79 Å². The van der Waals surface area contributed by atoms with Crippen LogP contribution in [0.3, 0.4) is 0 Å². The number of amides is 1. The zero-order chi connectivity index (χ0) is 26.3. The average Bonchev–Trinajstić information content (AvgIpc) is 3.31. The van der Waals surface area contributed by atoms with Crippen LogP contribution in [0.4, 0.5) is 11.6 Å². The van der Waals surface area contributed by atoms with E-state index >= 15 is 0 Å². The minimum atomic E-state index is -0.357. The molecule has 0 radical (unpaired) electrons. The fourth-order valence-electron chi connectivity index (χ4n) is 4.57. The highest BCUT2D eigenvalue weighted by atomic mass is 35.5. The first-order chi connectivity index (χ1) is 17.8. The van der Waals surface area contributed by atoms with Gasteiger partial charge in [-0.3, -0.25) is 18.9 Å². The summed E-state index contributed by atoms with van der Waals surface area (Å²) in [5, 5.41) is 4.13. The maximum absolute atomic E-state index is 13.5. The molecule has 0 bridgehead atoms. The Morgan fingerprint density at radius 3 is 2.78 bits per heavy atom. The molecule has 2 N–H and O–H groups in total. The topological polar surface area (TPSA) is 118 Å². The molecule has 4 heterocycles. The minimum Gasteiger partial charge on any atom is -0.377 e. The molecule has 0 fully saturated rings. The fraction of sp³-hybridized carbons (Fsp3) is 0.280. The molecule has 1 unspecified atom stereocenters. The highest BCUT2D eigenvalue weighted by Gasteiger charge is 2.26. The van der Waals surface area contributed by atoms with Gasteiger partial charge in [-0.1, -0.05) is 29.6 Å². The summed E-state index contributed by atoms with van der Waals surface area (Å²) in [6, 6.07) is 6.90. The van der Waals surface area contributed by atoms with Gasteiger partial charge >= 0.3 is 0 Å². The number of fused-ring (bicyclic) bond motifs is 2. The Morgan fingerprint density at radius 1 is 1.22 bits per heavy atom. The maximum Gasteiger partial charge on any atom is 0.281 e. The van der Waals surface area contributed by atoms with E-state index in [9.17, 15) is 9.59 Å². The van der Waals surface area contributed by atoms with Crippen LogP contribution in [-0.2, 0) is 20.1 Å². The van der Waals surface area contributed by atoms with Crippen molar-refractivity contribution in [1.29, 1.82) is 0 Å². The SMILES string of the molecule is CSNC(=O)c1nc(Cl)ccc1NC(C)c1cc(C)cc2c(=O)n(C)c(N3Cc4cncnc4C3)nc12. The van der Waals surface area contributed by atoms with Crippen molar-refractivity contribution in [3.63, 3.8) is 0 Å². The van der Waals surface area contributed by atoms with Crippen LogP contribution in [0, 0.1) is 6.92 Å². The van der Waals surface area contributed by atoms with E-state index < -0.39 is 0 Å². The molecule has 10 nitrogen and oxygen atoms in total. The summed E-state index contributed by atoms with van der Waals surface area (Å²) >= 11 is 7.25. The van der Waals surface area contributed by atoms with E-state index in [0.29, 0.717) is 35.6 Å². The molecule has 0 aliphatic carbocycles. The molecule has 5 rings (SSSR count). The summed E-state index contributed by atoms with van der Waals surface area (Å²) in [4.78, 5) is 45.8. The van der Waals surface area contributed by atoms with Crippen LogP contribution >= 0.6 is 23.5 Å². The standard InChI is InChI=1S/C25H25ClN8O2S/c1-13-7-16(14(2)29-18-5-6-20(26)30-22(18)23(35)32-37-4)21-17(8-13)24(36)33(3)25(31-21)34-10-15-9-27-12-28-19(15)11-34/h5-9,12,14,29H,10-11H2,1-4H3,(H,32,35). The van der Waals surface area contributed by atoms with E-state index in [2.05, 4.69) is 25.0 Å².